The number of anilines is 1. The Labute approximate surface area is 168 Å². The smallest absolute Gasteiger partial charge is 0.253 e. The van der Waals surface area contributed by atoms with Crippen molar-refractivity contribution in [1.82, 2.24) is 10.3 Å². The van der Waals surface area contributed by atoms with Gasteiger partial charge in [-0.1, -0.05) is 41.9 Å². The van der Waals surface area contributed by atoms with Crippen LogP contribution in [0.4, 0.5) is 5.69 Å². The lowest BCUT2D eigenvalue weighted by molar-refractivity contribution is -0.116. The van der Waals surface area contributed by atoms with E-state index in [1.54, 1.807) is 48.8 Å². The van der Waals surface area contributed by atoms with Gasteiger partial charge >= 0.3 is 0 Å². The molecule has 1 heterocycles. The minimum atomic E-state index is -0.252. The van der Waals surface area contributed by atoms with Gasteiger partial charge in [0.05, 0.1) is 11.3 Å². The average molecular weight is 394 g/mol. The molecule has 1 aromatic heterocycles. The molecule has 0 aliphatic carbocycles. The second kappa shape index (κ2) is 9.67. The number of carbonyl (C=O) groups excluding carboxylic acids is 2. The van der Waals surface area contributed by atoms with Crippen molar-refractivity contribution in [2.75, 3.05) is 5.32 Å². The molecule has 28 heavy (non-hydrogen) atoms. The van der Waals surface area contributed by atoms with E-state index < -0.39 is 0 Å². The highest BCUT2D eigenvalue weighted by Gasteiger charge is 2.13. The van der Waals surface area contributed by atoms with E-state index in [4.69, 9.17) is 11.6 Å². The molecule has 2 N–H and O–H groups in total. The number of aryl methyl sites for hydroxylation is 1. The summed E-state index contributed by atoms with van der Waals surface area (Å²) in [6.07, 6.45) is 4.29. The minimum Gasteiger partial charge on any atom is -0.348 e. The van der Waals surface area contributed by atoms with Crippen LogP contribution in [0.3, 0.4) is 0 Å². The molecule has 0 aliphatic rings. The second-order valence-electron chi connectivity index (χ2n) is 6.26. The van der Waals surface area contributed by atoms with Gasteiger partial charge in [-0.3, -0.25) is 14.6 Å². The van der Waals surface area contributed by atoms with Crippen LogP contribution in [0.5, 0.6) is 0 Å². The van der Waals surface area contributed by atoms with Gasteiger partial charge in [0.2, 0.25) is 5.91 Å². The third kappa shape index (κ3) is 5.66. The topological polar surface area (TPSA) is 71.1 Å². The zero-order valence-electron chi connectivity index (χ0n) is 15.2. The molecule has 5 nitrogen and oxygen atoms in total. The molecular weight excluding hydrogens is 374 g/mol. The summed E-state index contributed by atoms with van der Waals surface area (Å²) < 4.78 is 0. The van der Waals surface area contributed by atoms with Crippen molar-refractivity contribution in [3.63, 3.8) is 0 Å². The standard InChI is InChI=1S/C22H20ClN3O2/c23-18-10-7-16(8-11-18)9-12-21(27)26-20-6-2-1-5-19(20)22(28)25-15-17-4-3-13-24-14-17/h1-8,10-11,13-14H,9,12,15H2,(H,25,28)(H,26,27). The number of amides is 2. The molecule has 0 atom stereocenters. The van der Waals surface area contributed by atoms with Crippen LogP contribution in [-0.4, -0.2) is 16.8 Å². The highest BCUT2D eigenvalue weighted by molar-refractivity contribution is 6.30. The Hall–Kier alpha value is -3.18. The monoisotopic (exact) mass is 393 g/mol. The van der Waals surface area contributed by atoms with Crippen LogP contribution < -0.4 is 10.6 Å². The number of hydrogen-bond acceptors (Lipinski definition) is 3. The zero-order valence-corrected chi connectivity index (χ0v) is 15.9. The van der Waals surface area contributed by atoms with E-state index in [0.29, 0.717) is 35.7 Å². The molecule has 3 rings (SSSR count). The van der Waals surface area contributed by atoms with Crippen LogP contribution in [-0.2, 0) is 17.8 Å². The summed E-state index contributed by atoms with van der Waals surface area (Å²) in [5, 5.41) is 6.35. The third-order valence-corrected chi connectivity index (χ3v) is 4.43. The van der Waals surface area contributed by atoms with Crippen molar-refractivity contribution < 1.29 is 9.59 Å². The second-order valence-corrected chi connectivity index (χ2v) is 6.70. The number of hydrogen-bond donors (Lipinski definition) is 2. The van der Waals surface area contributed by atoms with Gasteiger partial charge in [0.15, 0.2) is 0 Å². The molecule has 0 spiro atoms. The Kier molecular flexibility index (Phi) is 6.76. The number of nitrogens with one attached hydrogen (secondary N) is 2. The van der Waals surface area contributed by atoms with Gasteiger partial charge in [0.25, 0.3) is 5.91 Å². The maximum atomic E-state index is 12.5. The maximum absolute atomic E-state index is 12.5. The van der Waals surface area contributed by atoms with E-state index in [1.807, 2.05) is 24.3 Å². The summed E-state index contributed by atoms with van der Waals surface area (Å²) in [7, 11) is 0. The van der Waals surface area contributed by atoms with Crippen molar-refractivity contribution in [2.45, 2.75) is 19.4 Å². The van der Waals surface area contributed by atoms with Crippen LogP contribution in [0.25, 0.3) is 0 Å². The van der Waals surface area contributed by atoms with Crippen molar-refractivity contribution in [3.8, 4) is 0 Å². The van der Waals surface area contributed by atoms with E-state index >= 15 is 0 Å². The fourth-order valence-corrected chi connectivity index (χ4v) is 2.82. The quantitative estimate of drug-likeness (QED) is 0.630. The molecule has 0 bridgehead atoms. The van der Waals surface area contributed by atoms with Crippen LogP contribution in [0, 0.1) is 0 Å². The molecular formula is C22H20ClN3O2. The summed E-state index contributed by atoms with van der Waals surface area (Å²) >= 11 is 5.87. The Bertz CT molecular complexity index is 944. The van der Waals surface area contributed by atoms with Gasteiger partial charge in [-0.25, -0.2) is 0 Å². The van der Waals surface area contributed by atoms with Crippen molar-refractivity contribution in [2.24, 2.45) is 0 Å². The van der Waals surface area contributed by atoms with Crippen LogP contribution >= 0.6 is 11.6 Å². The number of benzene rings is 2. The summed E-state index contributed by atoms with van der Waals surface area (Å²) in [4.78, 5) is 28.9. The van der Waals surface area contributed by atoms with Gasteiger partial charge in [0, 0.05) is 30.4 Å². The minimum absolute atomic E-state index is 0.151. The Morgan fingerprint density at radius 1 is 0.929 bits per heavy atom. The Morgan fingerprint density at radius 2 is 1.71 bits per heavy atom. The molecule has 0 saturated carbocycles. The van der Waals surface area contributed by atoms with Crippen molar-refractivity contribution >= 4 is 29.1 Å². The predicted octanol–water partition coefficient (Wildman–Crippen LogP) is 4.24. The fraction of sp³-hybridized carbons (Fsp3) is 0.136. The molecule has 6 heteroatoms. The summed E-state index contributed by atoms with van der Waals surface area (Å²) in [6, 6.07) is 18.1. The number of rotatable bonds is 7. The Morgan fingerprint density at radius 3 is 2.46 bits per heavy atom. The van der Waals surface area contributed by atoms with Crippen molar-refractivity contribution in [3.05, 3.63) is 94.8 Å². The first-order chi connectivity index (χ1) is 13.6. The van der Waals surface area contributed by atoms with Crippen LogP contribution in [0.2, 0.25) is 5.02 Å². The van der Waals surface area contributed by atoms with Crippen molar-refractivity contribution in [1.29, 1.82) is 0 Å². The maximum Gasteiger partial charge on any atom is 0.253 e. The highest BCUT2D eigenvalue weighted by atomic mass is 35.5. The van der Waals surface area contributed by atoms with Gasteiger partial charge in [-0.05, 0) is 47.9 Å². The largest absolute Gasteiger partial charge is 0.348 e. The summed E-state index contributed by atoms with van der Waals surface area (Å²) in [5.41, 5.74) is 2.85. The molecule has 2 amide bonds. The first-order valence-corrected chi connectivity index (χ1v) is 9.30. The normalized spacial score (nSPS) is 10.3. The lowest BCUT2D eigenvalue weighted by Crippen LogP contribution is -2.25. The number of carbonyl (C=O) groups is 2. The van der Waals surface area contributed by atoms with E-state index in [1.165, 1.54) is 0 Å². The molecule has 142 valence electrons. The van der Waals surface area contributed by atoms with E-state index in [0.717, 1.165) is 11.1 Å². The number of nitrogens with zero attached hydrogens (tertiary/aromatic N) is 1. The van der Waals surface area contributed by atoms with Crippen LogP contribution in [0.1, 0.15) is 27.9 Å². The summed E-state index contributed by atoms with van der Waals surface area (Å²) in [5.74, 6) is -0.403. The van der Waals surface area contributed by atoms with Gasteiger partial charge in [-0.15, -0.1) is 0 Å². The lowest BCUT2D eigenvalue weighted by atomic mass is 10.1. The molecule has 0 unspecified atom stereocenters. The molecule has 0 saturated heterocycles. The van der Waals surface area contributed by atoms with E-state index in [-0.39, 0.29) is 11.8 Å². The number of pyridine rings is 1. The summed E-state index contributed by atoms with van der Waals surface area (Å²) in [6.45, 7) is 0.367. The average Bonchev–Trinajstić information content (AvgIpc) is 2.73. The first kappa shape index (κ1) is 19.6. The fourth-order valence-electron chi connectivity index (χ4n) is 2.69. The molecule has 3 aromatic rings. The van der Waals surface area contributed by atoms with E-state index in [2.05, 4.69) is 15.6 Å². The number of halogens is 1. The Balaban J connectivity index is 1.58. The predicted molar refractivity (Wildman–Crippen MR) is 110 cm³/mol. The molecule has 0 radical (unpaired) electrons. The van der Waals surface area contributed by atoms with Gasteiger partial charge in [0.1, 0.15) is 0 Å². The lowest BCUT2D eigenvalue weighted by Gasteiger charge is -2.11. The first-order valence-electron chi connectivity index (χ1n) is 8.92. The zero-order chi connectivity index (χ0) is 19.8. The third-order valence-electron chi connectivity index (χ3n) is 4.18. The SMILES string of the molecule is O=C(CCc1ccc(Cl)cc1)Nc1ccccc1C(=O)NCc1cccnc1. The van der Waals surface area contributed by atoms with Gasteiger partial charge < -0.3 is 10.6 Å². The van der Waals surface area contributed by atoms with E-state index in [9.17, 15) is 9.59 Å². The van der Waals surface area contributed by atoms with Crippen LogP contribution in [0.15, 0.2) is 73.1 Å². The molecule has 2 aromatic carbocycles. The molecule has 0 fully saturated rings. The molecule has 0 aliphatic heterocycles. The highest BCUT2D eigenvalue weighted by Crippen LogP contribution is 2.16. The number of para-hydroxylation sites is 1. The number of aromatic nitrogens is 1. The van der Waals surface area contributed by atoms with Gasteiger partial charge in [-0.2, -0.15) is 0 Å².